The van der Waals surface area contributed by atoms with Gasteiger partial charge in [-0.3, -0.25) is 0 Å². The van der Waals surface area contributed by atoms with Crippen LogP contribution in [0.5, 0.6) is 0 Å². The number of rotatable bonds is 6. The number of fused-ring (bicyclic) bond motifs is 5. The number of carbonyl (C=O) groups is 2. The van der Waals surface area contributed by atoms with Gasteiger partial charge < -0.3 is 59.1 Å². The van der Waals surface area contributed by atoms with E-state index in [1.165, 1.54) is 0 Å². The molecule has 6 N–H and O–H groups in total. The summed E-state index contributed by atoms with van der Waals surface area (Å²) in [5, 5.41) is 65.7. The second-order valence-corrected chi connectivity index (χ2v) is 15.7. The molecular formula is C34H50O13. The molecule has 6 fully saturated rings. The average Bonchev–Trinajstić information content (AvgIpc) is 3.57. The lowest BCUT2D eigenvalue weighted by Gasteiger charge is -2.65. The molecule has 13 nitrogen and oxygen atoms in total. The third-order valence-corrected chi connectivity index (χ3v) is 13.6. The van der Waals surface area contributed by atoms with Crippen LogP contribution in [0.4, 0.5) is 0 Å². The average molecular weight is 667 g/mol. The van der Waals surface area contributed by atoms with Gasteiger partial charge in [0.05, 0.1) is 41.5 Å². The summed E-state index contributed by atoms with van der Waals surface area (Å²) in [5.41, 5.74) is -2.86. The highest BCUT2D eigenvalue weighted by atomic mass is 16.7. The molecule has 4 aliphatic carbocycles. The van der Waals surface area contributed by atoms with Crippen molar-refractivity contribution in [1.82, 2.24) is 0 Å². The number of hydrogen-bond donors (Lipinski definition) is 6. The zero-order valence-corrected chi connectivity index (χ0v) is 27.1. The van der Waals surface area contributed by atoms with Crippen molar-refractivity contribution in [2.24, 2.45) is 28.6 Å². The van der Waals surface area contributed by atoms with Gasteiger partial charge in [-0.25, -0.2) is 4.79 Å². The number of esters is 1. The van der Waals surface area contributed by atoms with Gasteiger partial charge in [0.25, 0.3) is 0 Å². The van der Waals surface area contributed by atoms with Crippen LogP contribution in [0.3, 0.4) is 0 Å². The Morgan fingerprint density at radius 1 is 0.936 bits per heavy atom. The molecule has 0 aromatic carbocycles. The summed E-state index contributed by atoms with van der Waals surface area (Å²) in [4.78, 5) is 25.0. The molecule has 0 amide bonds. The molecule has 3 aliphatic heterocycles. The highest BCUT2D eigenvalue weighted by Gasteiger charge is 2.71. The molecule has 0 spiro atoms. The van der Waals surface area contributed by atoms with Crippen LogP contribution in [0.25, 0.3) is 0 Å². The highest BCUT2D eigenvalue weighted by molar-refractivity contribution is 5.85. The van der Waals surface area contributed by atoms with Gasteiger partial charge >= 0.3 is 5.97 Å². The summed E-state index contributed by atoms with van der Waals surface area (Å²) in [6, 6.07) is 0. The summed E-state index contributed by atoms with van der Waals surface area (Å²) in [6.07, 6.45) is -1.89. The van der Waals surface area contributed by atoms with E-state index in [4.69, 9.17) is 23.7 Å². The molecule has 16 atom stereocenters. The maximum absolute atomic E-state index is 13.1. The smallest absolute Gasteiger partial charge is 0.331 e. The minimum Gasteiger partial charge on any atom is -0.458 e. The Morgan fingerprint density at radius 2 is 1.70 bits per heavy atom. The molecule has 264 valence electrons. The maximum Gasteiger partial charge on any atom is 0.331 e. The number of cyclic esters (lactones) is 1. The third kappa shape index (κ3) is 5.18. The van der Waals surface area contributed by atoms with Crippen LogP contribution in [-0.4, -0.2) is 123 Å². The highest BCUT2D eigenvalue weighted by Crippen LogP contribution is 2.70. The molecule has 0 aromatic heterocycles. The van der Waals surface area contributed by atoms with Gasteiger partial charge in [-0.15, -0.1) is 0 Å². The first-order valence-corrected chi connectivity index (χ1v) is 17.3. The molecule has 47 heavy (non-hydrogen) atoms. The van der Waals surface area contributed by atoms with Gasteiger partial charge in [0, 0.05) is 24.3 Å². The van der Waals surface area contributed by atoms with Crippen molar-refractivity contribution in [1.29, 1.82) is 0 Å². The predicted octanol–water partition coefficient (Wildman–Crippen LogP) is 0.243. The van der Waals surface area contributed by atoms with Gasteiger partial charge in [0.1, 0.15) is 37.3 Å². The molecule has 2 saturated heterocycles. The number of aliphatic hydroxyl groups excluding tert-OH is 4. The van der Waals surface area contributed by atoms with Gasteiger partial charge in [0.15, 0.2) is 12.6 Å². The maximum atomic E-state index is 13.1. The lowest BCUT2D eigenvalue weighted by molar-refractivity contribution is -0.331. The van der Waals surface area contributed by atoms with Crippen LogP contribution < -0.4 is 0 Å². The molecular weight excluding hydrogens is 616 g/mol. The van der Waals surface area contributed by atoms with E-state index in [1.807, 2.05) is 0 Å². The van der Waals surface area contributed by atoms with Gasteiger partial charge in [-0.1, -0.05) is 6.92 Å². The number of ether oxygens (including phenoxy) is 5. The SMILES string of the molecule is C[C@H]1O[C@@H](O[C@H]2CC[C@]3(C=O)[C@H]4CC[C@]5(C)[C@@H](C6=CC(=O)OC6)CC[C@]5(O)[C@@H]4CC[C@]3(O)C2)C[C@H](O)[C@H]1O[C@@H]1OC[C@@H](O)[C@@H](O)[C@H]1O. The van der Waals surface area contributed by atoms with E-state index in [2.05, 4.69) is 6.92 Å². The van der Waals surface area contributed by atoms with Crippen molar-refractivity contribution >= 4 is 12.3 Å². The number of aliphatic hydroxyl groups is 6. The first-order chi connectivity index (χ1) is 22.2. The van der Waals surface area contributed by atoms with Crippen LogP contribution in [-0.2, 0) is 33.3 Å². The van der Waals surface area contributed by atoms with Crippen molar-refractivity contribution in [3.8, 4) is 0 Å². The third-order valence-electron chi connectivity index (χ3n) is 13.6. The van der Waals surface area contributed by atoms with E-state index in [0.717, 1.165) is 18.3 Å². The second-order valence-electron chi connectivity index (χ2n) is 15.7. The lowest BCUT2D eigenvalue weighted by Crippen LogP contribution is -2.69. The van der Waals surface area contributed by atoms with E-state index < -0.39 is 77.3 Å². The van der Waals surface area contributed by atoms with Crippen molar-refractivity contribution in [3.63, 3.8) is 0 Å². The molecule has 0 radical (unpaired) electrons. The van der Waals surface area contributed by atoms with Crippen LogP contribution in [0.2, 0.25) is 0 Å². The van der Waals surface area contributed by atoms with E-state index in [1.54, 1.807) is 13.0 Å². The standard InChI is InChI=1S/C34H50O13/c1-17-29(47-30-28(40)27(39)24(37)15-44-30)23(36)12-26(45-17)46-19-3-8-32(16-35)21-4-7-31(2)20(18-11-25(38)43-14-18)6-10-34(31,42)22(21)5-9-33(32,41)13-19/h11,16-17,19-24,26-30,36-37,39-42H,3-10,12-15H2,1-2H3/t17-,19+,20-,21+,22-,23+,24-,26+,27-,28-,29+,30+,31-,32+,33+,34+/m1/s1. The van der Waals surface area contributed by atoms with E-state index >= 15 is 0 Å². The van der Waals surface area contributed by atoms with Gasteiger partial charge in [-0.05, 0) is 81.6 Å². The zero-order chi connectivity index (χ0) is 33.5. The number of aldehydes is 1. The fraction of sp³-hybridized carbons (Fsp3) is 0.882. The minimum atomic E-state index is -1.50. The summed E-state index contributed by atoms with van der Waals surface area (Å²) in [7, 11) is 0. The fourth-order valence-electron chi connectivity index (χ4n) is 11.0. The predicted molar refractivity (Wildman–Crippen MR) is 160 cm³/mol. The molecule has 0 unspecified atom stereocenters. The molecule has 7 rings (SSSR count). The minimum absolute atomic E-state index is 0.0370. The first-order valence-electron chi connectivity index (χ1n) is 17.3. The van der Waals surface area contributed by atoms with Gasteiger partial charge in [-0.2, -0.15) is 0 Å². The molecule has 0 bridgehead atoms. The Bertz CT molecular complexity index is 1250. The summed E-state index contributed by atoms with van der Waals surface area (Å²) < 4.78 is 28.7. The van der Waals surface area contributed by atoms with Crippen LogP contribution >= 0.6 is 0 Å². The van der Waals surface area contributed by atoms with Crippen LogP contribution in [0.1, 0.15) is 78.1 Å². The summed E-state index contributed by atoms with van der Waals surface area (Å²) in [6.45, 7) is 3.86. The van der Waals surface area contributed by atoms with Crippen molar-refractivity contribution < 1.29 is 63.9 Å². The Labute approximate surface area is 274 Å². The van der Waals surface area contributed by atoms with Crippen molar-refractivity contribution in [3.05, 3.63) is 11.6 Å². The Morgan fingerprint density at radius 3 is 2.40 bits per heavy atom. The van der Waals surface area contributed by atoms with Crippen LogP contribution in [0.15, 0.2) is 11.6 Å². The van der Waals surface area contributed by atoms with Crippen molar-refractivity contribution in [2.75, 3.05) is 13.2 Å². The first kappa shape index (κ1) is 34.0. The normalized spacial score (nSPS) is 54.6. The van der Waals surface area contributed by atoms with E-state index in [0.29, 0.717) is 44.9 Å². The topological polar surface area (TPSA) is 202 Å². The van der Waals surface area contributed by atoms with E-state index in [-0.39, 0.29) is 49.8 Å². The van der Waals surface area contributed by atoms with Gasteiger partial charge in [0.2, 0.25) is 0 Å². The molecule has 3 heterocycles. The molecule has 7 aliphatic rings. The second kappa shape index (κ2) is 12.1. The van der Waals surface area contributed by atoms with Crippen molar-refractivity contribution in [2.45, 2.75) is 145 Å². The monoisotopic (exact) mass is 666 g/mol. The largest absolute Gasteiger partial charge is 0.458 e. The molecule has 13 heteroatoms. The number of carbonyl (C=O) groups excluding carboxylic acids is 2. The quantitative estimate of drug-likeness (QED) is 0.128. The summed E-state index contributed by atoms with van der Waals surface area (Å²) >= 11 is 0. The molecule has 0 aromatic rings. The van der Waals surface area contributed by atoms with Crippen LogP contribution in [0, 0.1) is 28.6 Å². The fourth-order valence-corrected chi connectivity index (χ4v) is 11.0. The van der Waals surface area contributed by atoms with E-state index in [9.17, 15) is 40.2 Å². The Kier molecular flexibility index (Phi) is 8.72. The zero-order valence-electron chi connectivity index (χ0n) is 27.1. The lowest BCUT2D eigenvalue weighted by atomic mass is 9.41. The Hall–Kier alpha value is -1.52. The Balaban J connectivity index is 1.01. The number of hydrogen-bond acceptors (Lipinski definition) is 13. The summed E-state index contributed by atoms with van der Waals surface area (Å²) in [5.74, 6) is -0.635. The molecule has 4 saturated carbocycles.